The molecule has 0 fully saturated rings. The molecule has 0 aromatic carbocycles. The van der Waals surface area contributed by atoms with Gasteiger partial charge in [0.25, 0.3) is 0 Å². The Morgan fingerprint density at radius 2 is 2.05 bits per heavy atom. The van der Waals surface area contributed by atoms with Gasteiger partial charge < -0.3 is 9.84 Å². The van der Waals surface area contributed by atoms with Crippen LogP contribution in [0.1, 0.15) is 22.8 Å². The lowest BCUT2D eigenvalue weighted by atomic mass is 10.3. The first-order valence-corrected chi connectivity index (χ1v) is 6.03. The van der Waals surface area contributed by atoms with Crippen molar-refractivity contribution in [3.05, 3.63) is 28.9 Å². The van der Waals surface area contributed by atoms with Crippen molar-refractivity contribution in [2.45, 2.75) is 33.5 Å². The lowest BCUT2D eigenvalue weighted by molar-refractivity contribution is -0.144. The molecule has 114 valence electrons. The van der Waals surface area contributed by atoms with Crippen LogP contribution in [0.2, 0.25) is 0 Å². The summed E-state index contributed by atoms with van der Waals surface area (Å²) in [4.78, 5) is 11.9. The van der Waals surface area contributed by atoms with Gasteiger partial charge in [-0.3, -0.25) is 9.48 Å². The molecule has 0 radical (unpaired) electrons. The second-order valence-corrected chi connectivity index (χ2v) is 4.57. The zero-order chi connectivity index (χ0) is 15.8. The van der Waals surface area contributed by atoms with Crippen LogP contribution in [0, 0.1) is 20.8 Å². The molecule has 0 aliphatic carbocycles. The van der Waals surface area contributed by atoms with Crippen molar-refractivity contribution in [1.82, 2.24) is 14.9 Å². The number of hydrogen-bond donors (Lipinski definition) is 1. The first kappa shape index (κ1) is 15.1. The van der Waals surface area contributed by atoms with E-state index in [0.29, 0.717) is 21.8 Å². The average Bonchev–Trinajstić information content (AvgIpc) is 2.86. The molecule has 2 aromatic rings. The number of rotatable bonds is 3. The highest BCUT2D eigenvalue weighted by Crippen LogP contribution is 2.29. The van der Waals surface area contributed by atoms with Gasteiger partial charge in [0.05, 0.1) is 5.69 Å². The Morgan fingerprint density at radius 1 is 1.38 bits per heavy atom. The summed E-state index contributed by atoms with van der Waals surface area (Å²) >= 11 is 0. The second kappa shape index (κ2) is 5.23. The number of hydrogen-bond acceptors (Lipinski definition) is 4. The quantitative estimate of drug-likeness (QED) is 0.945. The summed E-state index contributed by atoms with van der Waals surface area (Å²) in [7, 11) is 0. The monoisotopic (exact) mass is 302 g/mol. The molecule has 1 amide bonds. The molecule has 0 aliphatic rings. The van der Waals surface area contributed by atoms with E-state index >= 15 is 0 Å². The summed E-state index contributed by atoms with van der Waals surface area (Å²) in [6.07, 6.45) is -4.56. The molecule has 2 heterocycles. The Morgan fingerprint density at radius 3 is 2.57 bits per heavy atom. The maximum absolute atomic E-state index is 12.8. The van der Waals surface area contributed by atoms with E-state index in [1.54, 1.807) is 13.8 Å². The van der Waals surface area contributed by atoms with Crippen molar-refractivity contribution in [1.29, 1.82) is 0 Å². The van der Waals surface area contributed by atoms with E-state index in [1.807, 2.05) is 0 Å². The van der Waals surface area contributed by atoms with Crippen LogP contribution in [-0.4, -0.2) is 20.8 Å². The second-order valence-electron chi connectivity index (χ2n) is 4.57. The van der Waals surface area contributed by atoms with E-state index in [1.165, 1.54) is 6.92 Å². The van der Waals surface area contributed by atoms with E-state index < -0.39 is 24.3 Å². The molecule has 0 spiro atoms. The van der Waals surface area contributed by atoms with Gasteiger partial charge in [-0.25, -0.2) is 0 Å². The molecule has 0 bridgehead atoms. The van der Waals surface area contributed by atoms with Gasteiger partial charge in [0.2, 0.25) is 5.91 Å². The van der Waals surface area contributed by atoms with Gasteiger partial charge in [-0.1, -0.05) is 5.16 Å². The fourth-order valence-corrected chi connectivity index (χ4v) is 1.87. The highest BCUT2D eigenvalue weighted by atomic mass is 19.4. The summed E-state index contributed by atoms with van der Waals surface area (Å²) in [5.74, 6) is -0.258. The SMILES string of the molecule is Cc1cc(C(F)(F)F)n(CC(=O)Nc2c(C)noc2C)n1. The Labute approximate surface area is 117 Å². The van der Waals surface area contributed by atoms with Gasteiger partial charge in [0, 0.05) is 0 Å². The topological polar surface area (TPSA) is 73.0 Å². The summed E-state index contributed by atoms with van der Waals surface area (Å²) in [6, 6.07) is 0.892. The summed E-state index contributed by atoms with van der Waals surface area (Å²) in [5.41, 5.74) is 0.0346. The first-order valence-electron chi connectivity index (χ1n) is 6.03. The van der Waals surface area contributed by atoms with Crippen LogP contribution in [0.4, 0.5) is 18.9 Å². The minimum absolute atomic E-state index is 0.187. The fourth-order valence-electron chi connectivity index (χ4n) is 1.87. The van der Waals surface area contributed by atoms with Crippen LogP contribution < -0.4 is 5.32 Å². The Hall–Kier alpha value is -2.32. The third-order valence-corrected chi connectivity index (χ3v) is 2.78. The molecule has 0 atom stereocenters. The van der Waals surface area contributed by atoms with Gasteiger partial charge in [-0.05, 0) is 26.8 Å². The van der Waals surface area contributed by atoms with Crippen molar-refractivity contribution >= 4 is 11.6 Å². The predicted octanol–water partition coefficient (Wildman–Crippen LogP) is 2.45. The molecule has 0 saturated heterocycles. The molecule has 9 heteroatoms. The van der Waals surface area contributed by atoms with Crippen molar-refractivity contribution in [2.24, 2.45) is 0 Å². The molecule has 2 rings (SSSR count). The van der Waals surface area contributed by atoms with E-state index in [9.17, 15) is 18.0 Å². The van der Waals surface area contributed by atoms with Crippen molar-refractivity contribution in [2.75, 3.05) is 5.32 Å². The molecular weight excluding hydrogens is 289 g/mol. The maximum atomic E-state index is 12.8. The van der Waals surface area contributed by atoms with Gasteiger partial charge in [0.15, 0.2) is 5.76 Å². The minimum Gasteiger partial charge on any atom is -0.359 e. The number of anilines is 1. The predicted molar refractivity (Wildman–Crippen MR) is 66.6 cm³/mol. The van der Waals surface area contributed by atoms with Crippen LogP contribution in [0.25, 0.3) is 0 Å². The fraction of sp³-hybridized carbons (Fsp3) is 0.417. The molecule has 6 nitrogen and oxygen atoms in total. The number of carbonyl (C=O) groups excluding carboxylic acids is 1. The number of nitrogens with zero attached hydrogens (tertiary/aromatic N) is 3. The molecule has 2 aromatic heterocycles. The largest absolute Gasteiger partial charge is 0.433 e. The smallest absolute Gasteiger partial charge is 0.359 e. The van der Waals surface area contributed by atoms with Crippen molar-refractivity contribution in [3.8, 4) is 0 Å². The highest BCUT2D eigenvalue weighted by Gasteiger charge is 2.35. The number of halogens is 3. The molecule has 0 unspecified atom stereocenters. The molecule has 1 N–H and O–H groups in total. The summed E-state index contributed by atoms with van der Waals surface area (Å²) in [6.45, 7) is 4.09. The van der Waals surface area contributed by atoms with E-state index in [-0.39, 0.29) is 5.69 Å². The van der Waals surface area contributed by atoms with Crippen molar-refractivity contribution < 1.29 is 22.5 Å². The Bertz CT molecular complexity index is 653. The zero-order valence-electron chi connectivity index (χ0n) is 11.6. The molecular formula is C12H13F3N4O2. The molecule has 0 saturated carbocycles. The van der Waals surface area contributed by atoms with Crippen molar-refractivity contribution in [3.63, 3.8) is 0 Å². The maximum Gasteiger partial charge on any atom is 0.433 e. The number of aryl methyl sites for hydroxylation is 3. The van der Waals surface area contributed by atoms with Crippen LogP contribution in [0.3, 0.4) is 0 Å². The number of alkyl halides is 3. The Kier molecular flexibility index (Phi) is 3.75. The minimum atomic E-state index is -4.56. The lowest BCUT2D eigenvalue weighted by Gasteiger charge is -2.10. The highest BCUT2D eigenvalue weighted by molar-refractivity contribution is 5.91. The van der Waals surface area contributed by atoms with Crippen LogP contribution >= 0.6 is 0 Å². The molecule has 21 heavy (non-hydrogen) atoms. The number of carbonyl (C=O) groups is 1. The van der Waals surface area contributed by atoms with E-state index in [0.717, 1.165) is 6.07 Å². The third-order valence-electron chi connectivity index (χ3n) is 2.78. The normalized spacial score (nSPS) is 11.7. The van der Waals surface area contributed by atoms with E-state index in [2.05, 4.69) is 15.6 Å². The number of aromatic nitrogens is 3. The number of nitrogens with one attached hydrogen (secondary N) is 1. The average molecular weight is 302 g/mol. The van der Waals surface area contributed by atoms with Crippen LogP contribution in [0.5, 0.6) is 0 Å². The Balaban J connectivity index is 2.17. The van der Waals surface area contributed by atoms with Gasteiger partial charge in [-0.2, -0.15) is 18.3 Å². The summed E-state index contributed by atoms with van der Waals surface area (Å²) in [5, 5.41) is 9.80. The van der Waals surface area contributed by atoms with Crippen LogP contribution in [0.15, 0.2) is 10.6 Å². The molecule has 0 aliphatic heterocycles. The standard InChI is InChI=1S/C12H13F3N4O2/c1-6-4-9(12(13,14)15)19(17-6)5-10(20)16-11-7(2)18-21-8(11)3/h4H,5H2,1-3H3,(H,16,20). The van der Waals surface area contributed by atoms with Crippen LogP contribution in [-0.2, 0) is 17.5 Å². The van der Waals surface area contributed by atoms with Gasteiger partial charge >= 0.3 is 6.18 Å². The van der Waals surface area contributed by atoms with Gasteiger partial charge in [-0.15, -0.1) is 0 Å². The third kappa shape index (κ3) is 3.23. The van der Waals surface area contributed by atoms with Gasteiger partial charge in [0.1, 0.15) is 23.6 Å². The van der Waals surface area contributed by atoms with E-state index in [4.69, 9.17) is 4.52 Å². The zero-order valence-corrected chi connectivity index (χ0v) is 11.6. The first-order chi connectivity index (χ1) is 9.68. The number of amides is 1. The lowest BCUT2D eigenvalue weighted by Crippen LogP contribution is -2.24. The summed E-state index contributed by atoms with van der Waals surface area (Å²) < 4.78 is 43.9.